The number of aromatic nitrogens is 2. The van der Waals surface area contributed by atoms with Gasteiger partial charge in [-0.1, -0.05) is 0 Å². The first-order chi connectivity index (χ1) is 16.1. The third-order valence-corrected chi connectivity index (χ3v) is 6.00. The van der Waals surface area contributed by atoms with Gasteiger partial charge in [0.05, 0.1) is 12.8 Å². The summed E-state index contributed by atoms with van der Waals surface area (Å²) in [6, 6.07) is 17.1. The summed E-state index contributed by atoms with van der Waals surface area (Å²) >= 11 is 0. The van der Waals surface area contributed by atoms with E-state index in [-0.39, 0.29) is 11.6 Å². The number of nitriles is 1. The number of benzene rings is 2. The van der Waals surface area contributed by atoms with E-state index in [1.165, 1.54) is 0 Å². The molecule has 0 bridgehead atoms. The maximum Gasteiger partial charge on any atom is 0.277 e. The molecule has 0 atom stereocenters. The number of guanidine groups is 1. The monoisotopic (exact) mass is 441 g/mol. The fraction of sp³-hybridized carbons (Fsp3) is 0.250. The topological polar surface area (TPSA) is 113 Å². The summed E-state index contributed by atoms with van der Waals surface area (Å²) in [6.45, 7) is 2.04. The highest BCUT2D eigenvalue weighted by Crippen LogP contribution is 2.30. The summed E-state index contributed by atoms with van der Waals surface area (Å²) in [4.78, 5) is 21.6. The number of ether oxygens (including phenoxy) is 1. The van der Waals surface area contributed by atoms with Crippen molar-refractivity contribution in [2.75, 3.05) is 36.5 Å². The second-order valence-electron chi connectivity index (χ2n) is 7.87. The van der Waals surface area contributed by atoms with Gasteiger partial charge in [0.25, 0.3) is 5.91 Å². The minimum absolute atomic E-state index is 0.187. The molecule has 2 aliphatic rings. The normalized spacial score (nSPS) is 15.6. The molecular formula is C24H23N7O2. The van der Waals surface area contributed by atoms with Gasteiger partial charge in [-0.2, -0.15) is 10.4 Å². The van der Waals surface area contributed by atoms with E-state index in [0.717, 1.165) is 30.9 Å². The Bertz CT molecular complexity index is 1270. The number of nitrogens with two attached hydrogens (primary N) is 1. The van der Waals surface area contributed by atoms with E-state index in [9.17, 15) is 10.1 Å². The van der Waals surface area contributed by atoms with Gasteiger partial charge in [-0.25, -0.2) is 4.68 Å². The van der Waals surface area contributed by atoms with Crippen molar-refractivity contribution in [1.82, 2.24) is 9.78 Å². The predicted octanol–water partition coefficient (Wildman–Crippen LogP) is 2.48. The van der Waals surface area contributed by atoms with Gasteiger partial charge in [0.15, 0.2) is 11.7 Å². The standard InChI is InChI=1S/C24H23N7O2/c1-33-19-9-7-18(8-10-19)31-22-20(21(15-25)28-31)11-14-29(23(22)32)16-3-5-17(6-4-16)30-13-2-12-27-24(30)26/h3-10H,2,11-14H2,1H3,(H2,26,27). The Balaban J connectivity index is 1.48. The second kappa shape index (κ2) is 8.31. The molecule has 0 spiro atoms. The van der Waals surface area contributed by atoms with Crippen molar-refractivity contribution in [3.05, 3.63) is 65.5 Å². The SMILES string of the molecule is COc1ccc(-n2nc(C#N)c3c2C(=O)N(c2ccc(N4CCCN=C4N)cc2)CC3)cc1. The average Bonchev–Trinajstić information content (AvgIpc) is 3.24. The number of rotatable bonds is 4. The quantitative estimate of drug-likeness (QED) is 0.666. The molecule has 166 valence electrons. The number of hydrogen-bond acceptors (Lipinski definition) is 7. The van der Waals surface area contributed by atoms with Crippen molar-refractivity contribution in [2.45, 2.75) is 12.8 Å². The van der Waals surface area contributed by atoms with Crippen LogP contribution in [-0.4, -0.2) is 48.4 Å². The lowest BCUT2D eigenvalue weighted by Crippen LogP contribution is -2.41. The third kappa shape index (κ3) is 3.55. The molecule has 2 aromatic carbocycles. The molecule has 9 nitrogen and oxygen atoms in total. The second-order valence-corrected chi connectivity index (χ2v) is 7.87. The van der Waals surface area contributed by atoms with Crippen LogP contribution in [0.25, 0.3) is 5.69 Å². The van der Waals surface area contributed by atoms with Crippen LogP contribution in [0.5, 0.6) is 5.75 Å². The smallest absolute Gasteiger partial charge is 0.277 e. The molecule has 0 saturated heterocycles. The zero-order valence-corrected chi connectivity index (χ0v) is 18.2. The van der Waals surface area contributed by atoms with Gasteiger partial charge in [-0.05, 0) is 61.4 Å². The van der Waals surface area contributed by atoms with Gasteiger partial charge in [-0.3, -0.25) is 9.79 Å². The van der Waals surface area contributed by atoms with Crippen molar-refractivity contribution < 1.29 is 9.53 Å². The van der Waals surface area contributed by atoms with Crippen molar-refractivity contribution in [3.8, 4) is 17.5 Å². The van der Waals surface area contributed by atoms with Gasteiger partial charge >= 0.3 is 0 Å². The van der Waals surface area contributed by atoms with E-state index in [1.807, 2.05) is 41.3 Å². The van der Waals surface area contributed by atoms with Gasteiger partial charge in [0.1, 0.15) is 17.5 Å². The molecule has 5 rings (SSSR count). The summed E-state index contributed by atoms with van der Waals surface area (Å²) in [5, 5.41) is 14.0. The minimum Gasteiger partial charge on any atom is -0.497 e. The van der Waals surface area contributed by atoms with Crippen molar-refractivity contribution in [1.29, 1.82) is 5.26 Å². The molecule has 9 heteroatoms. The number of aliphatic imine (C=N–C) groups is 1. The van der Waals surface area contributed by atoms with E-state index >= 15 is 0 Å². The number of fused-ring (bicyclic) bond motifs is 1. The number of methoxy groups -OCH3 is 1. The molecule has 0 radical (unpaired) electrons. The number of nitrogens with zero attached hydrogens (tertiary/aromatic N) is 6. The Kier molecular flexibility index (Phi) is 5.18. The fourth-order valence-electron chi connectivity index (χ4n) is 4.30. The molecule has 33 heavy (non-hydrogen) atoms. The summed E-state index contributed by atoms with van der Waals surface area (Å²) in [7, 11) is 1.59. The van der Waals surface area contributed by atoms with Crippen LogP contribution >= 0.6 is 0 Å². The largest absolute Gasteiger partial charge is 0.497 e. The Morgan fingerprint density at radius 1 is 1.00 bits per heavy atom. The van der Waals surface area contributed by atoms with Gasteiger partial charge in [0.2, 0.25) is 0 Å². The maximum atomic E-state index is 13.6. The van der Waals surface area contributed by atoms with E-state index in [0.29, 0.717) is 41.6 Å². The fourth-order valence-corrected chi connectivity index (χ4v) is 4.30. The van der Waals surface area contributed by atoms with Crippen LogP contribution < -0.4 is 20.3 Å². The van der Waals surface area contributed by atoms with Gasteiger partial charge in [0, 0.05) is 36.6 Å². The number of carbonyl (C=O) groups excluding carboxylic acids is 1. The van der Waals surface area contributed by atoms with Crippen LogP contribution in [0, 0.1) is 11.3 Å². The van der Waals surface area contributed by atoms with E-state index in [2.05, 4.69) is 16.2 Å². The number of amides is 1. The zero-order valence-electron chi connectivity index (χ0n) is 18.2. The molecule has 0 unspecified atom stereocenters. The Labute approximate surface area is 191 Å². The van der Waals surface area contributed by atoms with Crippen molar-refractivity contribution in [3.63, 3.8) is 0 Å². The summed E-state index contributed by atoms with van der Waals surface area (Å²) in [5.41, 5.74) is 9.84. The molecule has 3 heterocycles. The molecule has 2 N–H and O–H groups in total. The summed E-state index contributed by atoms with van der Waals surface area (Å²) < 4.78 is 6.78. The molecule has 1 amide bonds. The number of anilines is 2. The van der Waals surface area contributed by atoms with Crippen LogP contribution in [-0.2, 0) is 6.42 Å². The van der Waals surface area contributed by atoms with Crippen LogP contribution in [0.3, 0.4) is 0 Å². The zero-order chi connectivity index (χ0) is 22.9. The van der Waals surface area contributed by atoms with E-state index in [4.69, 9.17) is 10.5 Å². The highest BCUT2D eigenvalue weighted by molar-refractivity contribution is 6.08. The van der Waals surface area contributed by atoms with Gasteiger partial charge in [-0.15, -0.1) is 0 Å². The maximum absolute atomic E-state index is 13.6. The first kappa shape index (κ1) is 20.6. The third-order valence-electron chi connectivity index (χ3n) is 6.00. The molecular weight excluding hydrogens is 418 g/mol. The van der Waals surface area contributed by atoms with Crippen molar-refractivity contribution in [2.24, 2.45) is 10.7 Å². The first-order valence-electron chi connectivity index (χ1n) is 10.8. The van der Waals surface area contributed by atoms with Gasteiger partial charge < -0.3 is 20.3 Å². The van der Waals surface area contributed by atoms with E-state index < -0.39 is 0 Å². The Hall–Kier alpha value is -4.32. The lowest BCUT2D eigenvalue weighted by Gasteiger charge is -2.29. The van der Waals surface area contributed by atoms with Crippen LogP contribution in [0.2, 0.25) is 0 Å². The first-order valence-corrected chi connectivity index (χ1v) is 10.8. The lowest BCUT2D eigenvalue weighted by atomic mass is 10.0. The molecule has 2 aliphatic heterocycles. The lowest BCUT2D eigenvalue weighted by molar-refractivity contribution is 0.0973. The highest BCUT2D eigenvalue weighted by atomic mass is 16.5. The molecule has 0 aliphatic carbocycles. The molecule has 3 aromatic rings. The molecule has 1 aromatic heterocycles. The predicted molar refractivity (Wildman–Crippen MR) is 125 cm³/mol. The Morgan fingerprint density at radius 3 is 2.30 bits per heavy atom. The van der Waals surface area contributed by atoms with E-state index in [1.54, 1.807) is 28.8 Å². The highest BCUT2D eigenvalue weighted by Gasteiger charge is 2.33. The minimum atomic E-state index is -0.187. The van der Waals surface area contributed by atoms with Crippen molar-refractivity contribution >= 4 is 23.2 Å². The summed E-state index contributed by atoms with van der Waals surface area (Å²) in [5.74, 6) is 1.03. The molecule has 0 fully saturated rings. The Morgan fingerprint density at radius 2 is 1.67 bits per heavy atom. The molecule has 0 saturated carbocycles. The number of hydrogen-bond donors (Lipinski definition) is 1. The summed E-state index contributed by atoms with van der Waals surface area (Å²) in [6.07, 6.45) is 1.50. The average molecular weight is 441 g/mol. The van der Waals surface area contributed by atoms with Crippen LogP contribution in [0.4, 0.5) is 11.4 Å². The number of carbonyl (C=O) groups is 1. The van der Waals surface area contributed by atoms with Crippen LogP contribution in [0.15, 0.2) is 53.5 Å². The van der Waals surface area contributed by atoms with Crippen LogP contribution in [0.1, 0.15) is 28.2 Å².